The molecular weight excluding hydrogens is 318 g/mol. The van der Waals surface area contributed by atoms with Crippen LogP contribution in [-0.4, -0.2) is 22.8 Å². The van der Waals surface area contributed by atoms with E-state index in [1.165, 1.54) is 6.20 Å². The van der Waals surface area contributed by atoms with Gasteiger partial charge in [0.25, 0.3) is 5.24 Å². The van der Waals surface area contributed by atoms with Crippen molar-refractivity contribution in [3.63, 3.8) is 0 Å². The van der Waals surface area contributed by atoms with Crippen LogP contribution in [0.4, 0.5) is 0 Å². The molecule has 6 heteroatoms. The number of halogens is 1. The molecule has 0 N–H and O–H groups in total. The van der Waals surface area contributed by atoms with Crippen molar-refractivity contribution in [3.05, 3.63) is 53.2 Å². The van der Waals surface area contributed by atoms with Gasteiger partial charge in [0.2, 0.25) is 5.88 Å². The van der Waals surface area contributed by atoms with E-state index in [1.54, 1.807) is 37.3 Å². The van der Waals surface area contributed by atoms with Gasteiger partial charge in [-0.2, -0.15) is 0 Å². The van der Waals surface area contributed by atoms with Gasteiger partial charge in [-0.15, -0.1) is 0 Å². The molecule has 120 valence electrons. The zero-order chi connectivity index (χ0) is 16.8. The van der Waals surface area contributed by atoms with Crippen LogP contribution in [0.1, 0.15) is 40.1 Å². The van der Waals surface area contributed by atoms with Crippen LogP contribution >= 0.6 is 11.6 Å². The Morgan fingerprint density at radius 2 is 2.00 bits per heavy atom. The summed E-state index contributed by atoms with van der Waals surface area (Å²) in [5.74, 6) is 0.295. The maximum Gasteiger partial charge on any atom is 0.338 e. The van der Waals surface area contributed by atoms with Crippen LogP contribution in [0, 0.1) is 0 Å². The lowest BCUT2D eigenvalue weighted by molar-refractivity contribution is 0.0526. The molecule has 0 atom stereocenters. The van der Waals surface area contributed by atoms with E-state index in [0.29, 0.717) is 41.3 Å². The van der Waals surface area contributed by atoms with Crippen molar-refractivity contribution < 1.29 is 19.1 Å². The largest absolute Gasteiger partial charge is 0.462 e. The highest BCUT2D eigenvalue weighted by atomic mass is 35.5. The van der Waals surface area contributed by atoms with Gasteiger partial charge in [0.15, 0.2) is 0 Å². The topological polar surface area (TPSA) is 65.5 Å². The number of pyridine rings is 1. The summed E-state index contributed by atoms with van der Waals surface area (Å²) in [6.07, 6.45) is 1.99. The third-order valence-corrected chi connectivity index (χ3v) is 3.34. The van der Waals surface area contributed by atoms with E-state index in [-0.39, 0.29) is 0 Å². The highest BCUT2D eigenvalue weighted by molar-refractivity contribution is 6.67. The number of carbonyl (C=O) groups is 2. The number of nitrogens with zero attached hydrogens (tertiary/aromatic N) is 1. The van der Waals surface area contributed by atoms with Crippen molar-refractivity contribution in [2.45, 2.75) is 20.3 Å². The zero-order valence-corrected chi connectivity index (χ0v) is 13.6. The summed E-state index contributed by atoms with van der Waals surface area (Å²) in [5.41, 5.74) is 1.36. The predicted octanol–water partition coefficient (Wildman–Crippen LogP) is 3.99. The third-order valence-electron chi connectivity index (χ3n) is 3.14. The summed E-state index contributed by atoms with van der Waals surface area (Å²) in [5, 5.41) is -0.561. The van der Waals surface area contributed by atoms with Crippen molar-refractivity contribution >= 4 is 22.8 Å². The molecule has 0 saturated carbocycles. The fourth-order valence-corrected chi connectivity index (χ4v) is 2.28. The first-order valence-electron chi connectivity index (χ1n) is 7.19. The number of hydrogen-bond acceptors (Lipinski definition) is 5. The van der Waals surface area contributed by atoms with E-state index in [4.69, 9.17) is 21.1 Å². The van der Waals surface area contributed by atoms with E-state index in [2.05, 4.69) is 4.98 Å². The Labute approximate surface area is 139 Å². The molecule has 2 aromatic rings. The molecular formula is C17H16ClNO4. The van der Waals surface area contributed by atoms with E-state index in [9.17, 15) is 9.59 Å². The summed E-state index contributed by atoms with van der Waals surface area (Å²) >= 11 is 5.58. The molecule has 0 saturated heterocycles. The number of rotatable bonds is 6. The van der Waals surface area contributed by atoms with Crippen molar-refractivity contribution in [3.8, 4) is 11.6 Å². The Kier molecular flexibility index (Phi) is 5.71. The molecule has 0 fully saturated rings. The number of benzene rings is 1. The van der Waals surface area contributed by atoms with E-state index >= 15 is 0 Å². The molecule has 0 aliphatic rings. The predicted molar refractivity (Wildman–Crippen MR) is 86.3 cm³/mol. The number of ether oxygens (including phenoxy) is 2. The molecule has 5 nitrogen and oxygen atoms in total. The number of hydrogen-bond donors (Lipinski definition) is 0. The molecule has 0 amide bonds. The Morgan fingerprint density at radius 1 is 1.22 bits per heavy atom. The maximum absolute atomic E-state index is 11.8. The minimum Gasteiger partial charge on any atom is -0.462 e. The monoisotopic (exact) mass is 333 g/mol. The molecule has 0 unspecified atom stereocenters. The van der Waals surface area contributed by atoms with E-state index in [1.807, 2.05) is 6.92 Å². The fraction of sp³-hybridized carbons (Fsp3) is 0.235. The average Bonchev–Trinajstić information content (AvgIpc) is 2.55. The molecule has 1 aromatic carbocycles. The van der Waals surface area contributed by atoms with Crippen LogP contribution in [0.5, 0.6) is 11.6 Å². The molecule has 0 spiro atoms. The number of esters is 1. The van der Waals surface area contributed by atoms with Crippen LogP contribution in [0.3, 0.4) is 0 Å². The summed E-state index contributed by atoms with van der Waals surface area (Å²) in [6, 6.07) is 8.13. The Hall–Kier alpha value is -2.40. The summed E-state index contributed by atoms with van der Waals surface area (Å²) in [7, 11) is 0. The molecule has 0 radical (unpaired) electrons. The average molecular weight is 334 g/mol. The molecule has 0 aliphatic heterocycles. The van der Waals surface area contributed by atoms with Gasteiger partial charge in [0.1, 0.15) is 5.75 Å². The lowest BCUT2D eigenvalue weighted by Crippen LogP contribution is -2.05. The molecule has 0 aliphatic carbocycles. The summed E-state index contributed by atoms with van der Waals surface area (Å²) < 4.78 is 10.7. The van der Waals surface area contributed by atoms with Crippen LogP contribution in [0.15, 0.2) is 36.5 Å². The van der Waals surface area contributed by atoms with Crippen molar-refractivity contribution in [2.75, 3.05) is 6.61 Å². The van der Waals surface area contributed by atoms with Gasteiger partial charge in [0, 0.05) is 17.3 Å². The second-order valence-corrected chi connectivity index (χ2v) is 4.96. The standard InChI is InChI=1S/C17H16ClNO4/c1-3-13-14(15(18)20)8-9-19-16(13)23-12-7-5-6-11(10-12)17(21)22-4-2/h5-10H,3-4H2,1-2H3. The second-order valence-electron chi connectivity index (χ2n) is 4.62. The first-order chi connectivity index (χ1) is 11.1. The van der Waals surface area contributed by atoms with Gasteiger partial charge in [0.05, 0.1) is 12.2 Å². The fourth-order valence-electron chi connectivity index (χ4n) is 2.10. The van der Waals surface area contributed by atoms with Crippen molar-refractivity contribution in [2.24, 2.45) is 0 Å². The number of aromatic nitrogens is 1. The Morgan fingerprint density at radius 3 is 2.65 bits per heavy atom. The summed E-state index contributed by atoms with van der Waals surface area (Å²) in [4.78, 5) is 27.4. The molecule has 1 aromatic heterocycles. The minimum absolute atomic E-state index is 0.292. The number of carbonyl (C=O) groups excluding carboxylic acids is 2. The van der Waals surface area contributed by atoms with Gasteiger partial charge in [-0.1, -0.05) is 13.0 Å². The molecule has 23 heavy (non-hydrogen) atoms. The van der Waals surface area contributed by atoms with Crippen LogP contribution < -0.4 is 4.74 Å². The molecule has 0 bridgehead atoms. The maximum atomic E-state index is 11.8. The minimum atomic E-state index is -0.561. The SMILES string of the molecule is CCOC(=O)c1cccc(Oc2nccc(C(=O)Cl)c2CC)c1. The summed E-state index contributed by atoms with van der Waals surface area (Å²) in [6.45, 7) is 3.91. The van der Waals surface area contributed by atoms with Gasteiger partial charge >= 0.3 is 5.97 Å². The highest BCUT2D eigenvalue weighted by Gasteiger charge is 2.15. The first-order valence-corrected chi connectivity index (χ1v) is 7.57. The second kappa shape index (κ2) is 7.74. The van der Waals surface area contributed by atoms with Crippen molar-refractivity contribution in [1.82, 2.24) is 4.98 Å². The van der Waals surface area contributed by atoms with Gasteiger partial charge in [-0.3, -0.25) is 4.79 Å². The lowest BCUT2D eigenvalue weighted by Gasteiger charge is -2.11. The van der Waals surface area contributed by atoms with Gasteiger partial charge in [-0.25, -0.2) is 9.78 Å². The first kappa shape index (κ1) is 17.0. The Bertz CT molecular complexity index is 730. The smallest absolute Gasteiger partial charge is 0.338 e. The van der Waals surface area contributed by atoms with Crippen LogP contribution in [-0.2, 0) is 11.2 Å². The lowest BCUT2D eigenvalue weighted by atomic mass is 10.1. The highest BCUT2D eigenvalue weighted by Crippen LogP contribution is 2.27. The Balaban J connectivity index is 2.33. The van der Waals surface area contributed by atoms with Crippen LogP contribution in [0.25, 0.3) is 0 Å². The normalized spacial score (nSPS) is 10.2. The third kappa shape index (κ3) is 4.07. The quantitative estimate of drug-likeness (QED) is 0.590. The van der Waals surface area contributed by atoms with Gasteiger partial charge < -0.3 is 9.47 Å². The molecule has 1 heterocycles. The molecule has 2 rings (SSSR count). The van der Waals surface area contributed by atoms with Crippen LogP contribution in [0.2, 0.25) is 0 Å². The van der Waals surface area contributed by atoms with Crippen molar-refractivity contribution in [1.29, 1.82) is 0 Å². The zero-order valence-electron chi connectivity index (χ0n) is 12.8. The van der Waals surface area contributed by atoms with E-state index in [0.717, 1.165) is 0 Å². The van der Waals surface area contributed by atoms with E-state index < -0.39 is 11.2 Å². The van der Waals surface area contributed by atoms with Gasteiger partial charge in [-0.05, 0) is 49.2 Å².